The Hall–Kier alpha value is -3.43. The topological polar surface area (TPSA) is 33.2 Å². The zero-order chi connectivity index (χ0) is 30.3. The maximum atomic E-state index is 14.0. The minimum absolute atomic E-state index is 0.0388. The lowest BCUT2D eigenvalue weighted by Gasteiger charge is -2.32. The van der Waals surface area contributed by atoms with E-state index < -0.39 is 46.2 Å². The predicted molar refractivity (Wildman–Crippen MR) is 143 cm³/mol. The molecule has 3 aromatic rings. The van der Waals surface area contributed by atoms with Crippen molar-refractivity contribution in [2.24, 2.45) is 0 Å². The summed E-state index contributed by atoms with van der Waals surface area (Å²) in [5.41, 5.74) is -2.27. The molecule has 0 saturated heterocycles. The molecule has 1 amide bonds. The minimum Gasteiger partial charge on any atom is -0.313 e. The van der Waals surface area contributed by atoms with Crippen LogP contribution in [0.3, 0.4) is 0 Å². The van der Waals surface area contributed by atoms with Crippen LogP contribution in [-0.4, -0.2) is 17.9 Å². The summed E-state index contributed by atoms with van der Waals surface area (Å²) in [7, 11) is 1.40. The van der Waals surface area contributed by atoms with Crippen molar-refractivity contribution >= 4 is 11.6 Å². The van der Waals surface area contributed by atoms with Gasteiger partial charge in [0.25, 0.3) is 0 Å². The van der Waals surface area contributed by atoms with E-state index in [0.717, 1.165) is 37.8 Å². The van der Waals surface area contributed by atoms with Crippen molar-refractivity contribution < 1.29 is 35.5 Å². The molecule has 4 rings (SSSR count). The van der Waals surface area contributed by atoms with Crippen molar-refractivity contribution in [3.8, 4) is 11.1 Å². The Labute approximate surface area is 234 Å². The molecule has 1 aromatic heterocycles. The number of anilines is 1. The lowest BCUT2D eigenvalue weighted by molar-refractivity contribution is -0.143. The molecule has 0 aliphatic heterocycles. The van der Waals surface area contributed by atoms with Gasteiger partial charge in [-0.1, -0.05) is 25.3 Å². The van der Waals surface area contributed by atoms with Crippen molar-refractivity contribution in [2.75, 3.05) is 11.9 Å². The van der Waals surface area contributed by atoms with E-state index in [9.17, 15) is 35.5 Å². The number of aryl methyl sites for hydroxylation is 1. The van der Waals surface area contributed by atoms with Crippen LogP contribution >= 0.6 is 0 Å². The molecule has 1 aliphatic rings. The standard InChI is InChI=1S/C31H31F7N2O/c1-18-12-23(32)10-11-24(18)25-16-26(19-8-6-5-7-9-19)39-17-27(25)40(4)28(41)29(2,3)20-13-21(30(33,34)35)15-22(14-20)31(36,37)38/h10-17,19H,5-9H2,1-4H3. The van der Waals surface area contributed by atoms with E-state index in [4.69, 9.17) is 0 Å². The van der Waals surface area contributed by atoms with Crippen LogP contribution < -0.4 is 4.90 Å². The molecule has 0 spiro atoms. The number of hydrogen-bond acceptors (Lipinski definition) is 2. The fourth-order valence-corrected chi connectivity index (χ4v) is 5.47. The number of carbonyl (C=O) groups excluding carboxylic acids is 1. The summed E-state index contributed by atoms with van der Waals surface area (Å²) < 4.78 is 95.3. The number of rotatable bonds is 5. The minimum atomic E-state index is -5.05. The van der Waals surface area contributed by atoms with Gasteiger partial charge in [0, 0.05) is 24.2 Å². The molecular formula is C31H31F7N2O. The molecule has 0 atom stereocenters. The summed E-state index contributed by atoms with van der Waals surface area (Å²) in [6.07, 6.45) is -3.44. The van der Waals surface area contributed by atoms with Gasteiger partial charge < -0.3 is 4.90 Å². The second-order valence-electron chi connectivity index (χ2n) is 11.2. The third-order valence-electron chi connectivity index (χ3n) is 7.92. The van der Waals surface area contributed by atoms with Gasteiger partial charge in [-0.05, 0) is 86.7 Å². The Bertz CT molecular complexity index is 1410. The number of hydrogen-bond donors (Lipinski definition) is 0. The van der Waals surface area contributed by atoms with Gasteiger partial charge in [0.1, 0.15) is 5.82 Å². The molecule has 0 unspecified atom stereocenters. The first-order chi connectivity index (χ1) is 19.0. The Morgan fingerprint density at radius 3 is 1.93 bits per heavy atom. The fraction of sp³-hybridized carbons (Fsp3) is 0.419. The SMILES string of the molecule is Cc1cc(F)ccc1-c1cc(C2CCCCC2)ncc1N(C)C(=O)C(C)(C)c1cc(C(F)(F)F)cc(C(F)(F)F)c1. The number of amides is 1. The first-order valence-corrected chi connectivity index (χ1v) is 13.3. The van der Waals surface area contributed by atoms with E-state index >= 15 is 0 Å². The summed E-state index contributed by atoms with van der Waals surface area (Å²) in [4.78, 5) is 19.7. The Morgan fingerprint density at radius 1 is 0.829 bits per heavy atom. The average Bonchev–Trinajstić information content (AvgIpc) is 2.91. The highest BCUT2D eigenvalue weighted by Gasteiger charge is 2.41. The molecule has 0 bridgehead atoms. The molecule has 1 saturated carbocycles. The number of nitrogens with zero attached hydrogens (tertiary/aromatic N) is 2. The predicted octanol–water partition coefficient (Wildman–Crippen LogP) is 9.22. The zero-order valence-corrected chi connectivity index (χ0v) is 23.2. The van der Waals surface area contributed by atoms with Gasteiger partial charge in [0.05, 0.1) is 28.4 Å². The largest absolute Gasteiger partial charge is 0.416 e. The third kappa shape index (κ3) is 6.41. The van der Waals surface area contributed by atoms with Crippen LogP contribution in [0.5, 0.6) is 0 Å². The molecule has 10 heteroatoms. The Morgan fingerprint density at radius 2 is 1.39 bits per heavy atom. The third-order valence-corrected chi connectivity index (χ3v) is 7.92. The highest BCUT2D eigenvalue weighted by Crippen LogP contribution is 2.42. The lowest BCUT2D eigenvalue weighted by atomic mass is 9.81. The quantitative estimate of drug-likeness (QED) is 0.282. The average molecular weight is 581 g/mol. The number of aromatic nitrogens is 1. The number of carbonyl (C=O) groups is 1. The Balaban J connectivity index is 1.82. The molecule has 1 aliphatic carbocycles. The van der Waals surface area contributed by atoms with Crippen LogP contribution in [0.15, 0.2) is 48.7 Å². The highest BCUT2D eigenvalue weighted by molar-refractivity contribution is 6.03. The van der Waals surface area contributed by atoms with Crippen LogP contribution in [-0.2, 0) is 22.6 Å². The second kappa shape index (κ2) is 11.1. The summed E-state index contributed by atoms with van der Waals surface area (Å²) >= 11 is 0. The molecule has 3 nitrogen and oxygen atoms in total. The molecule has 1 heterocycles. The summed E-state index contributed by atoms with van der Waals surface area (Å²) in [6, 6.07) is 7.28. The first-order valence-electron chi connectivity index (χ1n) is 13.3. The van der Waals surface area contributed by atoms with Gasteiger partial charge in [-0.15, -0.1) is 0 Å². The second-order valence-corrected chi connectivity index (χ2v) is 11.2. The summed E-state index contributed by atoms with van der Waals surface area (Å²) in [5.74, 6) is -0.969. The van der Waals surface area contributed by atoms with E-state index in [0.29, 0.717) is 34.5 Å². The van der Waals surface area contributed by atoms with Gasteiger partial charge in [0.2, 0.25) is 5.91 Å². The fourth-order valence-electron chi connectivity index (χ4n) is 5.47. The number of halogens is 7. The molecule has 220 valence electrons. The number of benzene rings is 2. The monoisotopic (exact) mass is 580 g/mol. The van der Waals surface area contributed by atoms with E-state index in [1.165, 1.54) is 44.1 Å². The first kappa shape index (κ1) is 30.5. The normalized spacial score (nSPS) is 15.2. The number of likely N-dealkylation sites (N-methyl/N-ethyl adjacent to an activating group) is 1. The van der Waals surface area contributed by atoms with E-state index in [1.54, 1.807) is 13.0 Å². The van der Waals surface area contributed by atoms with E-state index in [1.807, 2.05) is 6.07 Å². The van der Waals surface area contributed by atoms with Gasteiger partial charge in [0.15, 0.2) is 0 Å². The lowest BCUT2D eigenvalue weighted by Crippen LogP contribution is -2.42. The van der Waals surface area contributed by atoms with Gasteiger partial charge in [-0.3, -0.25) is 9.78 Å². The van der Waals surface area contributed by atoms with Crippen molar-refractivity contribution in [2.45, 2.75) is 76.6 Å². The molecule has 0 radical (unpaired) electrons. The summed E-state index contributed by atoms with van der Waals surface area (Å²) in [6.45, 7) is 4.29. The molecule has 0 N–H and O–H groups in total. The van der Waals surface area contributed by atoms with Gasteiger partial charge in [-0.25, -0.2) is 4.39 Å². The number of pyridine rings is 1. The highest BCUT2D eigenvalue weighted by atomic mass is 19.4. The maximum Gasteiger partial charge on any atom is 0.416 e. The number of alkyl halides is 6. The van der Waals surface area contributed by atoms with Gasteiger partial charge >= 0.3 is 12.4 Å². The molecule has 41 heavy (non-hydrogen) atoms. The zero-order valence-electron chi connectivity index (χ0n) is 23.2. The van der Waals surface area contributed by atoms with Gasteiger partial charge in [-0.2, -0.15) is 26.3 Å². The Kier molecular flexibility index (Phi) is 8.26. The maximum absolute atomic E-state index is 14.0. The summed E-state index contributed by atoms with van der Waals surface area (Å²) in [5, 5.41) is 0. The smallest absolute Gasteiger partial charge is 0.313 e. The van der Waals surface area contributed by atoms with Crippen LogP contribution in [0.4, 0.5) is 36.4 Å². The molecular weight excluding hydrogens is 549 g/mol. The van der Waals surface area contributed by atoms with Crippen LogP contribution in [0.25, 0.3) is 11.1 Å². The van der Waals surface area contributed by atoms with E-state index in [-0.39, 0.29) is 12.0 Å². The van der Waals surface area contributed by atoms with Crippen molar-refractivity contribution in [3.63, 3.8) is 0 Å². The van der Waals surface area contributed by atoms with Crippen molar-refractivity contribution in [1.82, 2.24) is 4.98 Å². The molecule has 2 aromatic carbocycles. The van der Waals surface area contributed by atoms with Crippen LogP contribution in [0.1, 0.15) is 79.8 Å². The molecule has 1 fully saturated rings. The van der Waals surface area contributed by atoms with E-state index in [2.05, 4.69) is 4.98 Å². The van der Waals surface area contributed by atoms with Crippen LogP contribution in [0, 0.1) is 12.7 Å². The van der Waals surface area contributed by atoms with Crippen molar-refractivity contribution in [3.05, 3.63) is 82.4 Å². The van der Waals surface area contributed by atoms with Crippen LogP contribution in [0.2, 0.25) is 0 Å². The van der Waals surface area contributed by atoms with Crippen molar-refractivity contribution in [1.29, 1.82) is 0 Å².